The molecule has 1 aliphatic rings. The summed E-state index contributed by atoms with van der Waals surface area (Å²) in [5.74, 6) is -0.190. The molecule has 0 aromatic carbocycles. The first-order valence-electron chi connectivity index (χ1n) is 5.00. The Hall–Kier alpha value is -1.92. The lowest BCUT2D eigenvalue weighted by Gasteiger charge is -2.31. The number of hydrogen-bond donors (Lipinski definition) is 0. The Morgan fingerprint density at radius 2 is 2.00 bits per heavy atom. The zero-order chi connectivity index (χ0) is 11.5. The first-order valence-corrected chi connectivity index (χ1v) is 5.00. The lowest BCUT2D eigenvalue weighted by atomic mass is 10.2. The number of nitrogens with zero attached hydrogens (tertiary/aromatic N) is 4. The highest BCUT2D eigenvalue weighted by molar-refractivity contribution is 5.93. The van der Waals surface area contributed by atoms with Gasteiger partial charge in [-0.05, 0) is 12.1 Å². The van der Waals surface area contributed by atoms with Gasteiger partial charge in [-0.2, -0.15) is 0 Å². The molecule has 0 unspecified atom stereocenters. The van der Waals surface area contributed by atoms with Crippen LogP contribution in [0.3, 0.4) is 0 Å². The van der Waals surface area contributed by atoms with Gasteiger partial charge in [0.1, 0.15) is 5.69 Å². The summed E-state index contributed by atoms with van der Waals surface area (Å²) >= 11 is 0. The van der Waals surface area contributed by atoms with E-state index in [2.05, 4.69) is 14.9 Å². The van der Waals surface area contributed by atoms with Crippen LogP contribution in [-0.4, -0.2) is 58.6 Å². The van der Waals surface area contributed by atoms with E-state index in [1.165, 1.54) is 0 Å². The zero-order valence-corrected chi connectivity index (χ0v) is 8.92. The first-order chi connectivity index (χ1) is 7.72. The van der Waals surface area contributed by atoms with E-state index in [0.29, 0.717) is 31.9 Å². The normalized spacial score (nSPS) is 16.3. The lowest BCUT2D eigenvalue weighted by Crippen LogP contribution is -2.48. The summed E-state index contributed by atoms with van der Waals surface area (Å²) in [5.41, 5.74) is 0.738. The minimum atomic E-state index is -0.190. The van der Waals surface area contributed by atoms with E-state index in [-0.39, 0.29) is 11.6 Å². The fraction of sp³-hybridized carbons (Fsp3) is 0.556. The van der Waals surface area contributed by atoms with Crippen LogP contribution in [0.2, 0.25) is 0 Å². The molecule has 16 heavy (non-hydrogen) atoms. The molecule has 2 heterocycles. The predicted molar refractivity (Wildman–Crippen MR) is 52.6 cm³/mol. The van der Waals surface area contributed by atoms with Crippen molar-refractivity contribution in [1.29, 1.82) is 0 Å². The molecule has 86 valence electrons. The van der Waals surface area contributed by atoms with Gasteiger partial charge in [0.2, 0.25) is 6.41 Å². The van der Waals surface area contributed by atoms with Crippen molar-refractivity contribution in [3.63, 3.8) is 0 Å². The first kappa shape index (κ1) is 10.6. The van der Waals surface area contributed by atoms with Crippen LogP contribution in [0, 0.1) is 6.92 Å². The third kappa shape index (κ3) is 1.88. The number of carbonyl (C=O) groups excluding carboxylic acids is 2. The van der Waals surface area contributed by atoms with Gasteiger partial charge in [-0.3, -0.25) is 9.59 Å². The molecule has 7 heteroatoms. The van der Waals surface area contributed by atoms with Gasteiger partial charge < -0.3 is 9.80 Å². The van der Waals surface area contributed by atoms with Crippen LogP contribution in [0.25, 0.3) is 0 Å². The minimum Gasteiger partial charge on any atom is -0.342 e. The van der Waals surface area contributed by atoms with E-state index in [1.807, 2.05) is 0 Å². The Morgan fingerprint density at radius 1 is 1.31 bits per heavy atom. The SMILES string of the molecule is Cc1nonc1C(=O)N1CCN(C=O)CC1. The summed E-state index contributed by atoms with van der Waals surface area (Å²) in [4.78, 5) is 25.7. The van der Waals surface area contributed by atoms with Gasteiger partial charge in [0.25, 0.3) is 5.91 Å². The Bertz CT molecular complexity index is 395. The molecule has 1 saturated heterocycles. The van der Waals surface area contributed by atoms with Crippen LogP contribution >= 0.6 is 0 Å². The third-order valence-electron chi connectivity index (χ3n) is 2.61. The number of aryl methyl sites for hydroxylation is 1. The quantitative estimate of drug-likeness (QED) is 0.620. The standard InChI is InChI=1S/C9H12N4O3/c1-7-8(11-16-10-7)9(15)13-4-2-12(6-14)3-5-13/h6H,2-5H2,1H3. The molecule has 7 nitrogen and oxygen atoms in total. The molecule has 0 spiro atoms. The van der Waals surface area contributed by atoms with E-state index >= 15 is 0 Å². The summed E-state index contributed by atoms with van der Waals surface area (Å²) in [6.45, 7) is 3.82. The van der Waals surface area contributed by atoms with Gasteiger partial charge in [0, 0.05) is 26.2 Å². The summed E-state index contributed by atoms with van der Waals surface area (Å²) in [6, 6.07) is 0. The van der Waals surface area contributed by atoms with E-state index in [4.69, 9.17) is 0 Å². The number of piperazine rings is 1. The van der Waals surface area contributed by atoms with Crippen LogP contribution in [0.1, 0.15) is 16.2 Å². The molecular weight excluding hydrogens is 212 g/mol. The zero-order valence-electron chi connectivity index (χ0n) is 8.92. The van der Waals surface area contributed by atoms with Crippen molar-refractivity contribution in [1.82, 2.24) is 20.1 Å². The maximum Gasteiger partial charge on any atom is 0.278 e. The summed E-state index contributed by atoms with van der Waals surface area (Å²) < 4.78 is 4.49. The third-order valence-corrected chi connectivity index (χ3v) is 2.61. The number of hydrogen-bond acceptors (Lipinski definition) is 5. The van der Waals surface area contributed by atoms with Crippen molar-refractivity contribution in [2.24, 2.45) is 0 Å². The van der Waals surface area contributed by atoms with Crippen molar-refractivity contribution in [3.8, 4) is 0 Å². The Labute approximate surface area is 92.0 Å². The number of rotatable bonds is 2. The highest BCUT2D eigenvalue weighted by atomic mass is 16.6. The van der Waals surface area contributed by atoms with Crippen molar-refractivity contribution in [3.05, 3.63) is 11.4 Å². The molecule has 0 N–H and O–H groups in total. The molecule has 2 rings (SSSR count). The Kier molecular flexibility index (Phi) is 2.84. The molecule has 2 amide bonds. The van der Waals surface area contributed by atoms with Gasteiger partial charge in [0.05, 0.1) is 0 Å². The number of carbonyl (C=O) groups is 2. The van der Waals surface area contributed by atoms with Gasteiger partial charge >= 0.3 is 0 Å². The summed E-state index contributed by atoms with van der Waals surface area (Å²) in [6.07, 6.45) is 0.796. The van der Waals surface area contributed by atoms with Crippen molar-refractivity contribution >= 4 is 12.3 Å². The largest absolute Gasteiger partial charge is 0.342 e. The van der Waals surface area contributed by atoms with E-state index < -0.39 is 0 Å². The second-order valence-corrected chi connectivity index (χ2v) is 3.63. The molecule has 0 saturated carbocycles. The maximum atomic E-state index is 11.9. The fourth-order valence-electron chi connectivity index (χ4n) is 1.61. The van der Waals surface area contributed by atoms with E-state index in [1.54, 1.807) is 16.7 Å². The van der Waals surface area contributed by atoms with Gasteiger partial charge in [0.15, 0.2) is 5.69 Å². The molecule has 1 aromatic rings. The smallest absolute Gasteiger partial charge is 0.278 e. The van der Waals surface area contributed by atoms with Gasteiger partial charge in [-0.15, -0.1) is 0 Å². The molecule has 0 atom stereocenters. The Balaban J connectivity index is 2.02. The van der Waals surface area contributed by atoms with E-state index in [9.17, 15) is 9.59 Å². The highest BCUT2D eigenvalue weighted by Crippen LogP contribution is 2.08. The number of aromatic nitrogens is 2. The average molecular weight is 224 g/mol. The molecule has 1 aromatic heterocycles. The molecule has 1 aliphatic heterocycles. The van der Waals surface area contributed by atoms with Crippen molar-refractivity contribution in [2.75, 3.05) is 26.2 Å². The topological polar surface area (TPSA) is 79.5 Å². The van der Waals surface area contributed by atoms with Crippen LogP contribution in [0.5, 0.6) is 0 Å². The summed E-state index contributed by atoms with van der Waals surface area (Å²) in [7, 11) is 0. The molecule has 0 aliphatic carbocycles. The predicted octanol–water partition coefficient (Wildman–Crippen LogP) is -0.708. The summed E-state index contributed by atoms with van der Waals surface area (Å²) in [5, 5.41) is 7.13. The van der Waals surface area contributed by atoms with Gasteiger partial charge in [-0.25, -0.2) is 4.63 Å². The van der Waals surface area contributed by atoms with E-state index in [0.717, 1.165) is 6.41 Å². The molecule has 0 radical (unpaired) electrons. The van der Waals surface area contributed by atoms with Crippen LogP contribution in [-0.2, 0) is 4.79 Å². The van der Waals surface area contributed by atoms with Gasteiger partial charge in [-0.1, -0.05) is 5.16 Å². The monoisotopic (exact) mass is 224 g/mol. The van der Waals surface area contributed by atoms with Crippen molar-refractivity contribution < 1.29 is 14.2 Å². The Morgan fingerprint density at radius 3 is 2.50 bits per heavy atom. The number of amides is 2. The average Bonchev–Trinajstić information content (AvgIpc) is 2.75. The molecule has 0 bridgehead atoms. The second kappa shape index (κ2) is 4.30. The van der Waals surface area contributed by atoms with Crippen molar-refractivity contribution in [2.45, 2.75) is 6.92 Å². The minimum absolute atomic E-state index is 0.190. The van der Waals surface area contributed by atoms with Crippen LogP contribution < -0.4 is 0 Å². The van der Waals surface area contributed by atoms with Crippen LogP contribution in [0.4, 0.5) is 0 Å². The maximum absolute atomic E-state index is 11.9. The molecule has 1 fully saturated rings. The fourth-order valence-corrected chi connectivity index (χ4v) is 1.61. The second-order valence-electron chi connectivity index (χ2n) is 3.63. The lowest BCUT2D eigenvalue weighted by molar-refractivity contribution is -0.119. The van der Waals surface area contributed by atoms with Crippen LogP contribution in [0.15, 0.2) is 4.63 Å². The highest BCUT2D eigenvalue weighted by Gasteiger charge is 2.25. The molecular formula is C9H12N4O3.